The average Bonchev–Trinajstić information content (AvgIpc) is 2.86. The number of nitrogens with zero attached hydrogens (tertiary/aromatic N) is 2. The molecule has 3 heteroatoms. The third kappa shape index (κ3) is 1.45. The number of hydrogen-bond acceptors (Lipinski definition) is 1. The van der Waals surface area contributed by atoms with Crippen LogP contribution in [-0.2, 0) is 6.54 Å². The van der Waals surface area contributed by atoms with Gasteiger partial charge in [0.25, 0.3) is 0 Å². The molecule has 2 heterocycles. The Morgan fingerprint density at radius 1 is 1.00 bits per heavy atom. The van der Waals surface area contributed by atoms with E-state index in [1.54, 1.807) is 0 Å². The first-order valence-electron chi connectivity index (χ1n) is 6.98. The van der Waals surface area contributed by atoms with Crippen LogP contribution in [0.3, 0.4) is 0 Å². The van der Waals surface area contributed by atoms with Gasteiger partial charge in [0.1, 0.15) is 5.82 Å². The van der Waals surface area contributed by atoms with Crippen LogP contribution in [0.1, 0.15) is 5.56 Å². The number of benzene rings is 3. The van der Waals surface area contributed by atoms with Gasteiger partial charge in [-0.2, -0.15) is 0 Å². The molecule has 0 bridgehead atoms. The number of fused-ring (bicyclic) bond motifs is 4. The van der Waals surface area contributed by atoms with Gasteiger partial charge in [0.05, 0.1) is 17.6 Å². The Morgan fingerprint density at radius 3 is 2.76 bits per heavy atom. The summed E-state index contributed by atoms with van der Waals surface area (Å²) in [5, 5.41) is 3.36. The average molecular weight is 291 g/mol. The van der Waals surface area contributed by atoms with Crippen molar-refractivity contribution in [3.8, 4) is 11.4 Å². The van der Waals surface area contributed by atoms with Crippen LogP contribution in [0.15, 0.2) is 54.6 Å². The molecule has 0 atom stereocenters. The van der Waals surface area contributed by atoms with Gasteiger partial charge in [-0.25, -0.2) is 4.98 Å². The third-order valence-corrected chi connectivity index (χ3v) is 4.51. The lowest BCUT2D eigenvalue weighted by Gasteiger charge is -2.19. The molecule has 0 unspecified atom stereocenters. The van der Waals surface area contributed by atoms with Crippen molar-refractivity contribution in [3.05, 3.63) is 65.2 Å². The van der Waals surface area contributed by atoms with Crippen LogP contribution in [0.2, 0.25) is 5.02 Å². The fraction of sp³-hybridized carbons (Fsp3) is 0.0556. The van der Waals surface area contributed by atoms with Crippen molar-refractivity contribution in [2.75, 3.05) is 0 Å². The maximum atomic E-state index is 6.16. The largest absolute Gasteiger partial charge is 0.319 e. The lowest BCUT2D eigenvalue weighted by atomic mass is 9.96. The minimum atomic E-state index is 0.752. The summed E-state index contributed by atoms with van der Waals surface area (Å²) in [7, 11) is 0. The fourth-order valence-corrected chi connectivity index (χ4v) is 3.54. The maximum absolute atomic E-state index is 6.16. The van der Waals surface area contributed by atoms with E-state index in [9.17, 15) is 0 Å². The fourth-order valence-electron chi connectivity index (χ4n) is 3.37. The summed E-state index contributed by atoms with van der Waals surface area (Å²) in [6, 6.07) is 18.8. The van der Waals surface area contributed by atoms with Gasteiger partial charge in [-0.1, -0.05) is 48.0 Å². The Morgan fingerprint density at radius 2 is 1.86 bits per heavy atom. The van der Waals surface area contributed by atoms with Crippen molar-refractivity contribution in [3.63, 3.8) is 0 Å². The molecule has 0 radical (unpaired) electrons. The highest BCUT2D eigenvalue weighted by molar-refractivity contribution is 6.31. The van der Waals surface area contributed by atoms with Crippen molar-refractivity contribution in [1.29, 1.82) is 0 Å². The minimum Gasteiger partial charge on any atom is -0.319 e. The number of imidazole rings is 1. The molecule has 0 amide bonds. The molecule has 4 aromatic rings. The molecular weight excluding hydrogens is 280 g/mol. The van der Waals surface area contributed by atoms with E-state index < -0.39 is 0 Å². The molecular formula is C18H11ClN2. The molecule has 1 aliphatic heterocycles. The molecule has 0 saturated carbocycles. The Hall–Kier alpha value is -2.32. The number of aromatic nitrogens is 2. The van der Waals surface area contributed by atoms with Crippen molar-refractivity contribution in [2.45, 2.75) is 6.54 Å². The van der Waals surface area contributed by atoms with Crippen molar-refractivity contribution in [2.24, 2.45) is 0 Å². The first kappa shape index (κ1) is 11.4. The molecule has 0 aliphatic carbocycles. The molecule has 0 spiro atoms. The molecule has 0 N–H and O–H groups in total. The van der Waals surface area contributed by atoms with Crippen LogP contribution < -0.4 is 0 Å². The zero-order valence-electron chi connectivity index (χ0n) is 11.2. The van der Waals surface area contributed by atoms with Crippen LogP contribution in [0.4, 0.5) is 0 Å². The molecule has 2 nitrogen and oxygen atoms in total. The van der Waals surface area contributed by atoms with E-state index in [-0.39, 0.29) is 0 Å². The zero-order chi connectivity index (χ0) is 14.0. The van der Waals surface area contributed by atoms with Crippen LogP contribution in [0, 0.1) is 0 Å². The molecule has 1 aliphatic rings. The van der Waals surface area contributed by atoms with Crippen molar-refractivity contribution >= 4 is 33.4 Å². The monoisotopic (exact) mass is 290 g/mol. The molecule has 100 valence electrons. The van der Waals surface area contributed by atoms with Gasteiger partial charge in [-0.3, -0.25) is 0 Å². The number of rotatable bonds is 0. The van der Waals surface area contributed by atoms with Gasteiger partial charge in [-0.05, 0) is 34.5 Å². The van der Waals surface area contributed by atoms with Gasteiger partial charge in [0.15, 0.2) is 0 Å². The SMILES string of the molecule is Clc1ccc2nc3n(c2c1)Cc1cccc2cccc-3c12. The smallest absolute Gasteiger partial charge is 0.142 e. The quantitative estimate of drug-likeness (QED) is 0.398. The Kier molecular flexibility index (Phi) is 2.09. The maximum Gasteiger partial charge on any atom is 0.142 e. The van der Waals surface area contributed by atoms with Crippen molar-refractivity contribution < 1.29 is 0 Å². The van der Waals surface area contributed by atoms with E-state index in [1.165, 1.54) is 21.9 Å². The van der Waals surface area contributed by atoms with Gasteiger partial charge in [0, 0.05) is 10.6 Å². The summed E-state index contributed by atoms with van der Waals surface area (Å²) in [6.07, 6.45) is 0. The Bertz CT molecular complexity index is 1020. The van der Waals surface area contributed by atoms with E-state index in [4.69, 9.17) is 16.6 Å². The second kappa shape index (κ2) is 3.86. The summed E-state index contributed by atoms with van der Waals surface area (Å²) in [4.78, 5) is 4.82. The molecule has 0 saturated heterocycles. The van der Waals surface area contributed by atoms with Crippen LogP contribution in [-0.4, -0.2) is 9.55 Å². The highest BCUT2D eigenvalue weighted by Crippen LogP contribution is 2.38. The van der Waals surface area contributed by atoms with Crippen LogP contribution >= 0.6 is 11.6 Å². The lowest BCUT2D eigenvalue weighted by Crippen LogP contribution is -2.08. The van der Waals surface area contributed by atoms with Gasteiger partial charge < -0.3 is 4.57 Å². The Labute approximate surface area is 126 Å². The summed E-state index contributed by atoms with van der Waals surface area (Å²) in [5.41, 5.74) is 4.65. The standard InChI is InChI=1S/C18H11ClN2/c19-13-7-8-15-16(9-13)21-10-12-5-1-3-11-4-2-6-14(17(11)12)18(21)20-15/h1-9H,10H2. The second-order valence-electron chi connectivity index (χ2n) is 5.48. The summed E-state index contributed by atoms with van der Waals surface area (Å²) < 4.78 is 2.26. The highest BCUT2D eigenvalue weighted by Gasteiger charge is 2.21. The third-order valence-electron chi connectivity index (χ3n) is 4.27. The van der Waals surface area contributed by atoms with E-state index in [2.05, 4.69) is 41.0 Å². The number of hydrogen-bond donors (Lipinski definition) is 0. The summed E-state index contributed by atoms with van der Waals surface area (Å²) in [6.45, 7) is 0.848. The van der Waals surface area contributed by atoms with E-state index in [0.717, 1.165) is 28.4 Å². The molecule has 3 aromatic carbocycles. The number of halogens is 1. The van der Waals surface area contributed by atoms with Gasteiger partial charge >= 0.3 is 0 Å². The first-order chi connectivity index (χ1) is 10.3. The molecule has 5 rings (SSSR count). The predicted molar refractivity (Wildman–Crippen MR) is 86.8 cm³/mol. The second-order valence-corrected chi connectivity index (χ2v) is 5.91. The van der Waals surface area contributed by atoms with E-state index in [0.29, 0.717) is 0 Å². The zero-order valence-corrected chi connectivity index (χ0v) is 11.9. The van der Waals surface area contributed by atoms with Gasteiger partial charge in [0.2, 0.25) is 0 Å². The lowest BCUT2D eigenvalue weighted by molar-refractivity contribution is 0.831. The van der Waals surface area contributed by atoms with Crippen molar-refractivity contribution in [1.82, 2.24) is 9.55 Å². The van der Waals surface area contributed by atoms with E-state index >= 15 is 0 Å². The first-order valence-corrected chi connectivity index (χ1v) is 7.36. The summed E-state index contributed by atoms with van der Waals surface area (Å²) in [5.74, 6) is 1.04. The summed E-state index contributed by atoms with van der Waals surface area (Å²) >= 11 is 6.16. The van der Waals surface area contributed by atoms with Gasteiger partial charge in [-0.15, -0.1) is 0 Å². The highest BCUT2D eigenvalue weighted by atomic mass is 35.5. The van der Waals surface area contributed by atoms with E-state index in [1.807, 2.05) is 18.2 Å². The Balaban J connectivity index is 1.97. The molecule has 0 fully saturated rings. The van der Waals surface area contributed by atoms with Crippen LogP contribution in [0.25, 0.3) is 33.2 Å². The normalized spacial score (nSPS) is 12.8. The molecule has 21 heavy (non-hydrogen) atoms. The predicted octanol–water partition coefficient (Wildman–Crippen LogP) is 4.87. The topological polar surface area (TPSA) is 17.8 Å². The van der Waals surface area contributed by atoms with Crippen LogP contribution in [0.5, 0.6) is 0 Å². The minimum absolute atomic E-state index is 0.752. The molecule has 1 aromatic heterocycles.